The average molecular weight is 681 g/mol. The van der Waals surface area contributed by atoms with Crippen molar-refractivity contribution in [2.24, 2.45) is 0 Å². The minimum Gasteiger partial charge on any atom is -0.398 e. The van der Waals surface area contributed by atoms with E-state index in [4.69, 9.17) is 28.9 Å². The molecule has 12 heteroatoms. The first-order chi connectivity index (χ1) is 18.1. The van der Waals surface area contributed by atoms with Gasteiger partial charge in [0.05, 0.1) is 10.5 Å². The minimum absolute atomic E-state index is 0.0455. The number of nitrogens with two attached hydrogens (primary N) is 1. The molecule has 38 heavy (non-hydrogen) atoms. The van der Waals surface area contributed by atoms with Crippen molar-refractivity contribution in [3.05, 3.63) is 125 Å². The zero-order chi connectivity index (χ0) is 27.8. The van der Waals surface area contributed by atoms with Gasteiger partial charge in [-0.25, -0.2) is 9.97 Å². The number of nitro benzene ring substituents is 1. The van der Waals surface area contributed by atoms with E-state index >= 15 is 0 Å². The van der Waals surface area contributed by atoms with Crippen LogP contribution < -0.4 is 5.73 Å². The number of rotatable bonds is 7. The first-order valence-electron chi connectivity index (χ1n) is 10.8. The van der Waals surface area contributed by atoms with Crippen LogP contribution in [0.3, 0.4) is 0 Å². The third kappa shape index (κ3) is 7.91. The Morgan fingerprint density at radius 3 is 1.76 bits per heavy atom. The van der Waals surface area contributed by atoms with Crippen LogP contribution in [0.5, 0.6) is 0 Å². The van der Waals surface area contributed by atoms with Crippen molar-refractivity contribution in [3.8, 4) is 0 Å². The zero-order valence-corrected chi connectivity index (χ0v) is 24.1. The molecule has 0 amide bonds. The van der Waals surface area contributed by atoms with Crippen LogP contribution in [-0.2, 0) is 12.8 Å². The van der Waals surface area contributed by atoms with Crippen LogP contribution in [0.15, 0.2) is 82.0 Å². The Morgan fingerprint density at radius 1 is 0.816 bits per heavy atom. The fourth-order valence-corrected chi connectivity index (χ4v) is 4.43. The van der Waals surface area contributed by atoms with Gasteiger partial charge in [-0.3, -0.25) is 19.7 Å². The van der Waals surface area contributed by atoms with Crippen LogP contribution in [-0.4, -0.2) is 26.5 Å². The SMILES string of the molecule is Nc1ccccc1C(=O)Cc1cc(Br)cnc1Cl.O=C(Cc1cc(Br)cnc1Cl)c1ccccc1[N+](=O)[O-]. The Bertz CT molecular complexity index is 1520. The Morgan fingerprint density at radius 2 is 1.26 bits per heavy atom. The largest absolute Gasteiger partial charge is 0.398 e. The molecule has 0 unspecified atom stereocenters. The molecule has 2 aromatic carbocycles. The molecular formula is C26H18Br2Cl2N4O4. The highest BCUT2D eigenvalue weighted by molar-refractivity contribution is 9.10. The van der Waals surface area contributed by atoms with Crippen LogP contribution in [0, 0.1) is 10.1 Å². The Balaban J connectivity index is 0.000000212. The fraction of sp³-hybridized carbons (Fsp3) is 0.0769. The Kier molecular flexibility index (Phi) is 10.5. The lowest BCUT2D eigenvalue weighted by Crippen LogP contribution is -2.07. The molecule has 2 heterocycles. The first kappa shape index (κ1) is 29.4. The third-order valence-electron chi connectivity index (χ3n) is 5.12. The summed E-state index contributed by atoms with van der Waals surface area (Å²) in [6.07, 6.45) is 3.24. The summed E-state index contributed by atoms with van der Waals surface area (Å²) in [5, 5.41) is 11.4. The second kappa shape index (κ2) is 13.6. The van der Waals surface area contributed by atoms with Crippen LogP contribution in [0.2, 0.25) is 10.3 Å². The maximum Gasteiger partial charge on any atom is 0.280 e. The average Bonchev–Trinajstić information content (AvgIpc) is 2.89. The van der Waals surface area contributed by atoms with E-state index in [1.54, 1.807) is 48.7 Å². The highest BCUT2D eigenvalue weighted by Gasteiger charge is 2.20. The summed E-state index contributed by atoms with van der Waals surface area (Å²) in [7, 11) is 0. The zero-order valence-electron chi connectivity index (χ0n) is 19.4. The summed E-state index contributed by atoms with van der Waals surface area (Å²) in [6, 6.07) is 16.3. The number of hydrogen-bond donors (Lipinski definition) is 1. The molecule has 194 valence electrons. The normalized spacial score (nSPS) is 10.3. The van der Waals surface area contributed by atoms with Crippen molar-refractivity contribution in [1.29, 1.82) is 0 Å². The number of carbonyl (C=O) groups is 2. The van der Waals surface area contributed by atoms with Crippen molar-refractivity contribution >= 4 is 78.0 Å². The second-order valence-corrected chi connectivity index (χ2v) is 10.3. The molecule has 0 saturated heterocycles. The van der Waals surface area contributed by atoms with Crippen molar-refractivity contribution in [3.63, 3.8) is 0 Å². The van der Waals surface area contributed by atoms with E-state index in [9.17, 15) is 19.7 Å². The van der Waals surface area contributed by atoms with Crippen LogP contribution in [0.4, 0.5) is 11.4 Å². The fourth-order valence-electron chi connectivity index (χ4n) is 3.33. The van der Waals surface area contributed by atoms with E-state index in [0.717, 1.165) is 4.47 Å². The molecule has 0 spiro atoms. The molecule has 4 aromatic rings. The Hall–Kier alpha value is -3.18. The molecule has 2 N–H and O–H groups in total. The van der Waals surface area contributed by atoms with Gasteiger partial charge < -0.3 is 5.73 Å². The minimum atomic E-state index is -0.575. The maximum absolute atomic E-state index is 12.2. The van der Waals surface area contributed by atoms with Gasteiger partial charge in [-0.05, 0) is 73.3 Å². The number of carbonyl (C=O) groups excluding carboxylic acids is 2. The van der Waals surface area contributed by atoms with Gasteiger partial charge in [-0.2, -0.15) is 0 Å². The summed E-state index contributed by atoms with van der Waals surface area (Å²) in [4.78, 5) is 42.5. The van der Waals surface area contributed by atoms with E-state index in [2.05, 4.69) is 41.8 Å². The molecule has 2 aromatic heterocycles. The topological polar surface area (TPSA) is 129 Å². The van der Waals surface area contributed by atoms with Crippen LogP contribution in [0.25, 0.3) is 0 Å². The predicted molar refractivity (Wildman–Crippen MR) is 154 cm³/mol. The van der Waals surface area contributed by atoms with E-state index in [1.165, 1.54) is 24.4 Å². The van der Waals surface area contributed by atoms with Crippen molar-refractivity contribution in [1.82, 2.24) is 9.97 Å². The molecule has 0 saturated carbocycles. The maximum atomic E-state index is 12.2. The standard InChI is InChI=1S/C13H8BrClN2O3.C13H10BrClN2O/c14-9-5-8(13(15)16-7-9)6-12(18)10-3-1-2-4-11(10)17(19)20;14-9-5-8(13(15)17-7-9)6-12(18)10-3-1-2-4-11(10)16/h1-5,7H,6H2;1-5,7H,6,16H2. The smallest absolute Gasteiger partial charge is 0.280 e. The number of hydrogen-bond acceptors (Lipinski definition) is 7. The number of Topliss-reactive ketones (excluding diaryl/α,β-unsaturated/α-hetero) is 2. The quantitative estimate of drug-likeness (QED) is 0.0711. The summed E-state index contributed by atoms with van der Waals surface area (Å²) in [6.45, 7) is 0. The number of para-hydroxylation sites is 2. The monoisotopic (exact) mass is 678 g/mol. The summed E-state index contributed by atoms with van der Waals surface area (Å²) in [5.74, 6) is -0.450. The van der Waals surface area contributed by atoms with Crippen molar-refractivity contribution in [2.75, 3.05) is 5.73 Å². The second-order valence-electron chi connectivity index (χ2n) is 7.77. The number of pyridine rings is 2. The lowest BCUT2D eigenvalue weighted by molar-refractivity contribution is -0.385. The van der Waals surface area contributed by atoms with Gasteiger partial charge in [0.2, 0.25) is 0 Å². The molecule has 0 radical (unpaired) electrons. The number of benzene rings is 2. The van der Waals surface area contributed by atoms with Crippen LogP contribution in [0.1, 0.15) is 31.8 Å². The molecule has 8 nitrogen and oxygen atoms in total. The molecular weight excluding hydrogens is 663 g/mol. The number of halogens is 4. The molecule has 0 bridgehead atoms. The van der Waals surface area contributed by atoms with Gasteiger partial charge >= 0.3 is 0 Å². The summed E-state index contributed by atoms with van der Waals surface area (Å²) in [5.41, 5.74) is 7.80. The predicted octanol–water partition coefficient (Wildman–Crippen LogP) is 7.34. The first-order valence-corrected chi connectivity index (χ1v) is 13.1. The van der Waals surface area contributed by atoms with Gasteiger partial charge in [0.25, 0.3) is 5.69 Å². The van der Waals surface area contributed by atoms with Gasteiger partial charge in [-0.1, -0.05) is 47.5 Å². The number of nitrogen functional groups attached to an aromatic ring is 1. The lowest BCUT2D eigenvalue weighted by Gasteiger charge is -2.06. The molecule has 0 fully saturated rings. The number of aromatic nitrogens is 2. The van der Waals surface area contributed by atoms with E-state index < -0.39 is 4.92 Å². The highest BCUT2D eigenvalue weighted by Crippen LogP contribution is 2.24. The molecule has 0 aliphatic heterocycles. The van der Waals surface area contributed by atoms with Gasteiger partial charge in [0.15, 0.2) is 11.6 Å². The van der Waals surface area contributed by atoms with Crippen molar-refractivity contribution < 1.29 is 14.5 Å². The number of ketones is 2. The molecule has 4 rings (SSSR count). The van der Waals surface area contributed by atoms with E-state index in [1.807, 2.05) is 0 Å². The number of anilines is 1. The summed E-state index contributed by atoms with van der Waals surface area (Å²) < 4.78 is 1.47. The summed E-state index contributed by atoms with van der Waals surface area (Å²) >= 11 is 18.4. The van der Waals surface area contributed by atoms with Crippen molar-refractivity contribution in [2.45, 2.75) is 12.8 Å². The third-order valence-corrected chi connectivity index (χ3v) is 6.67. The van der Waals surface area contributed by atoms with Crippen LogP contribution >= 0.6 is 55.1 Å². The molecule has 0 aliphatic carbocycles. The van der Waals surface area contributed by atoms with E-state index in [0.29, 0.717) is 32.0 Å². The van der Waals surface area contributed by atoms with E-state index in [-0.39, 0.29) is 40.8 Å². The highest BCUT2D eigenvalue weighted by atomic mass is 79.9. The van der Waals surface area contributed by atoms with Gasteiger partial charge in [0, 0.05) is 51.5 Å². The number of nitro groups is 1. The van der Waals surface area contributed by atoms with Gasteiger partial charge in [-0.15, -0.1) is 0 Å². The van der Waals surface area contributed by atoms with Gasteiger partial charge in [0.1, 0.15) is 10.3 Å². The Labute approximate surface area is 244 Å². The lowest BCUT2D eigenvalue weighted by atomic mass is 10.0. The number of nitrogens with zero attached hydrogens (tertiary/aromatic N) is 3. The molecule has 0 aliphatic rings. The molecule has 0 atom stereocenters.